The average molecular weight is 577 g/mol. The highest BCUT2D eigenvalue weighted by atomic mass is 16.3. The van der Waals surface area contributed by atoms with E-state index in [1.165, 1.54) is 77.1 Å². The van der Waals surface area contributed by atoms with E-state index in [9.17, 15) is 0 Å². The molecule has 0 aliphatic heterocycles. The first-order valence-corrected chi connectivity index (χ1v) is 15.7. The maximum absolute atomic E-state index is 6.22. The van der Waals surface area contributed by atoms with Crippen molar-refractivity contribution in [1.82, 2.24) is 9.13 Å². The molecule has 0 bridgehead atoms. The van der Waals surface area contributed by atoms with E-state index >= 15 is 0 Å². The smallest absolute Gasteiger partial charge is 0.134 e. The Morgan fingerprint density at radius 3 is 1.80 bits per heavy atom. The van der Waals surface area contributed by atoms with Crippen LogP contribution in [0.3, 0.4) is 0 Å². The van der Waals surface area contributed by atoms with Crippen LogP contribution in [-0.4, -0.2) is 9.13 Å². The van der Waals surface area contributed by atoms with E-state index in [1.807, 2.05) is 6.07 Å². The SMILES string of the molecule is C1=C(n2c3ccccc3c3cc(-c4cccc(-n5c6ccccc6c6ccccc65)c4)ccc32)CCc2oc3ccccc3c21. The minimum atomic E-state index is 0.900. The maximum atomic E-state index is 6.22. The van der Waals surface area contributed by atoms with E-state index in [0.717, 1.165) is 24.2 Å². The summed E-state index contributed by atoms with van der Waals surface area (Å²) in [6, 6.07) is 50.5. The minimum absolute atomic E-state index is 0.900. The van der Waals surface area contributed by atoms with Crippen LogP contribution < -0.4 is 0 Å². The van der Waals surface area contributed by atoms with Gasteiger partial charge in [0.1, 0.15) is 11.3 Å². The zero-order valence-electron chi connectivity index (χ0n) is 24.6. The van der Waals surface area contributed by atoms with Gasteiger partial charge >= 0.3 is 0 Å². The fraction of sp³-hybridized carbons (Fsp3) is 0.0476. The second kappa shape index (κ2) is 9.35. The molecule has 1 aliphatic carbocycles. The highest BCUT2D eigenvalue weighted by Crippen LogP contribution is 2.40. The predicted molar refractivity (Wildman–Crippen MR) is 188 cm³/mol. The molecule has 3 aromatic heterocycles. The summed E-state index contributed by atoms with van der Waals surface area (Å²) in [6.07, 6.45) is 4.18. The van der Waals surface area contributed by atoms with Crippen LogP contribution in [0.25, 0.3) is 83.2 Å². The Bertz CT molecular complexity index is 2610. The molecule has 0 unspecified atom stereocenters. The zero-order valence-corrected chi connectivity index (χ0v) is 24.6. The lowest BCUT2D eigenvalue weighted by molar-refractivity contribution is 0.546. The number of rotatable bonds is 3. The van der Waals surface area contributed by atoms with E-state index < -0.39 is 0 Å². The largest absolute Gasteiger partial charge is 0.460 e. The number of para-hydroxylation sites is 4. The molecule has 0 radical (unpaired) electrons. The van der Waals surface area contributed by atoms with E-state index in [1.54, 1.807) is 0 Å². The van der Waals surface area contributed by atoms with Gasteiger partial charge in [0.15, 0.2) is 0 Å². The number of aromatic nitrogens is 2. The molecule has 0 atom stereocenters. The van der Waals surface area contributed by atoms with Gasteiger partial charge < -0.3 is 13.6 Å². The van der Waals surface area contributed by atoms with E-state index in [2.05, 4.69) is 149 Å². The minimum Gasteiger partial charge on any atom is -0.460 e. The van der Waals surface area contributed by atoms with Crippen LogP contribution in [0, 0.1) is 0 Å². The van der Waals surface area contributed by atoms with Crippen molar-refractivity contribution in [2.45, 2.75) is 12.8 Å². The third-order valence-electron chi connectivity index (χ3n) is 9.61. The summed E-state index contributed by atoms with van der Waals surface area (Å²) in [5.74, 6) is 1.09. The Morgan fingerprint density at radius 1 is 0.444 bits per heavy atom. The molecule has 1 aliphatic rings. The van der Waals surface area contributed by atoms with Gasteiger partial charge in [0, 0.05) is 50.3 Å². The molecule has 3 heteroatoms. The second-order valence-electron chi connectivity index (χ2n) is 12.1. The summed E-state index contributed by atoms with van der Waals surface area (Å²) in [6.45, 7) is 0. The number of hydrogen-bond acceptors (Lipinski definition) is 1. The van der Waals surface area contributed by atoms with Crippen molar-refractivity contribution in [3.8, 4) is 16.8 Å². The molecular weight excluding hydrogens is 548 g/mol. The van der Waals surface area contributed by atoms with Gasteiger partial charge in [-0.1, -0.05) is 91.0 Å². The fourth-order valence-corrected chi connectivity index (χ4v) is 7.60. The third kappa shape index (κ3) is 3.58. The van der Waals surface area contributed by atoms with E-state index in [-0.39, 0.29) is 0 Å². The van der Waals surface area contributed by atoms with Gasteiger partial charge in [0.2, 0.25) is 0 Å². The average Bonchev–Trinajstić information content (AvgIpc) is 3.75. The monoisotopic (exact) mass is 576 g/mol. The molecule has 0 fully saturated rings. The molecule has 212 valence electrons. The van der Waals surface area contributed by atoms with Crippen molar-refractivity contribution in [2.75, 3.05) is 0 Å². The number of hydrogen-bond donors (Lipinski definition) is 0. The van der Waals surface area contributed by atoms with Crippen molar-refractivity contribution >= 4 is 66.4 Å². The van der Waals surface area contributed by atoms with Gasteiger partial charge in [-0.3, -0.25) is 0 Å². The van der Waals surface area contributed by atoms with Gasteiger partial charge in [-0.15, -0.1) is 0 Å². The second-order valence-corrected chi connectivity index (χ2v) is 12.1. The van der Waals surface area contributed by atoms with Crippen LogP contribution in [0.15, 0.2) is 144 Å². The first-order valence-electron chi connectivity index (χ1n) is 15.7. The molecule has 9 aromatic rings. The first-order chi connectivity index (χ1) is 22.3. The van der Waals surface area contributed by atoms with Crippen molar-refractivity contribution in [3.63, 3.8) is 0 Å². The molecule has 0 amide bonds. The number of benzene rings is 6. The summed E-state index contributed by atoms with van der Waals surface area (Å²) in [7, 11) is 0. The lowest BCUT2D eigenvalue weighted by Crippen LogP contribution is -2.03. The third-order valence-corrected chi connectivity index (χ3v) is 9.61. The Balaban J connectivity index is 1.14. The molecule has 0 N–H and O–H groups in total. The van der Waals surface area contributed by atoms with Crippen LogP contribution in [0.1, 0.15) is 17.7 Å². The molecule has 6 aromatic carbocycles. The van der Waals surface area contributed by atoms with Gasteiger partial charge in [0.05, 0.1) is 22.1 Å². The summed E-state index contributed by atoms with van der Waals surface area (Å²) < 4.78 is 11.1. The lowest BCUT2D eigenvalue weighted by atomic mass is 9.99. The van der Waals surface area contributed by atoms with E-state index in [4.69, 9.17) is 4.42 Å². The number of furan rings is 1. The highest BCUT2D eigenvalue weighted by molar-refractivity contribution is 6.12. The number of fused-ring (bicyclic) bond motifs is 9. The summed E-state index contributed by atoms with van der Waals surface area (Å²) in [5, 5.41) is 6.29. The summed E-state index contributed by atoms with van der Waals surface area (Å²) in [5.41, 5.74) is 12.0. The molecule has 10 rings (SSSR count). The van der Waals surface area contributed by atoms with Crippen LogP contribution >= 0.6 is 0 Å². The number of nitrogens with zero attached hydrogens (tertiary/aromatic N) is 2. The zero-order chi connectivity index (χ0) is 29.5. The lowest BCUT2D eigenvalue weighted by Gasteiger charge is -2.17. The Kier molecular flexibility index (Phi) is 5.11. The Morgan fingerprint density at radius 2 is 1.04 bits per heavy atom. The number of aryl methyl sites for hydroxylation is 1. The number of allylic oxidation sites excluding steroid dienone is 1. The fourth-order valence-electron chi connectivity index (χ4n) is 7.60. The predicted octanol–water partition coefficient (Wildman–Crippen LogP) is 11.2. The first kappa shape index (κ1) is 24.6. The van der Waals surface area contributed by atoms with Crippen LogP contribution in [0.4, 0.5) is 0 Å². The molecule has 45 heavy (non-hydrogen) atoms. The highest BCUT2D eigenvalue weighted by Gasteiger charge is 2.22. The standard InChI is InChI=1S/C42H28N2O/c1-5-16-37-31(12-1)32-13-2-6-17-38(32)43(37)29-11-9-10-27(24-29)28-20-22-40-35(25-28)33-14-3-7-18-39(33)44(40)30-21-23-42-36(26-30)34-15-4-8-19-41(34)45-42/h1-20,22,24-26H,21,23H2. The normalized spacial score (nSPS) is 13.3. The molecule has 0 saturated heterocycles. The van der Waals surface area contributed by atoms with Crippen molar-refractivity contribution in [3.05, 3.63) is 151 Å². The molecule has 0 saturated carbocycles. The van der Waals surface area contributed by atoms with Crippen LogP contribution in [-0.2, 0) is 6.42 Å². The van der Waals surface area contributed by atoms with Gasteiger partial charge in [-0.05, 0) is 72.2 Å². The van der Waals surface area contributed by atoms with Crippen molar-refractivity contribution in [2.24, 2.45) is 0 Å². The molecule has 0 spiro atoms. The topological polar surface area (TPSA) is 23.0 Å². The van der Waals surface area contributed by atoms with Gasteiger partial charge in [-0.25, -0.2) is 0 Å². The van der Waals surface area contributed by atoms with E-state index in [0.29, 0.717) is 0 Å². The molecular formula is C42H28N2O. The molecule has 3 nitrogen and oxygen atoms in total. The summed E-state index contributed by atoms with van der Waals surface area (Å²) >= 11 is 0. The Labute approximate surface area is 259 Å². The summed E-state index contributed by atoms with van der Waals surface area (Å²) in [4.78, 5) is 0. The maximum Gasteiger partial charge on any atom is 0.134 e. The van der Waals surface area contributed by atoms with Crippen molar-refractivity contribution < 1.29 is 4.42 Å². The quantitative estimate of drug-likeness (QED) is 0.205. The Hall–Kier alpha value is -5.80. The van der Waals surface area contributed by atoms with Gasteiger partial charge in [-0.2, -0.15) is 0 Å². The van der Waals surface area contributed by atoms with Crippen LogP contribution in [0.2, 0.25) is 0 Å². The van der Waals surface area contributed by atoms with Crippen molar-refractivity contribution in [1.29, 1.82) is 0 Å². The van der Waals surface area contributed by atoms with Gasteiger partial charge in [0.25, 0.3) is 0 Å². The van der Waals surface area contributed by atoms with Crippen LogP contribution in [0.5, 0.6) is 0 Å². The molecule has 3 heterocycles.